The topological polar surface area (TPSA) is 80.9 Å². The molecule has 10 heteroatoms. The molecule has 122 valence electrons. The summed E-state index contributed by atoms with van der Waals surface area (Å²) in [4.78, 5) is 19.8. The van der Waals surface area contributed by atoms with Gasteiger partial charge in [-0.1, -0.05) is 28.4 Å². The summed E-state index contributed by atoms with van der Waals surface area (Å²) < 4.78 is 29.7. The minimum absolute atomic E-state index is 0.0404. The van der Waals surface area contributed by atoms with Crippen LogP contribution in [0, 0.1) is 0 Å². The summed E-state index contributed by atoms with van der Waals surface area (Å²) in [6, 6.07) is 2.71. The summed E-state index contributed by atoms with van der Waals surface area (Å²) in [6.45, 7) is 0. The summed E-state index contributed by atoms with van der Waals surface area (Å²) >= 11 is 11.5. The van der Waals surface area contributed by atoms with Crippen LogP contribution in [-0.4, -0.2) is 21.0 Å². The zero-order valence-electron chi connectivity index (χ0n) is 11.5. The molecule has 1 saturated carbocycles. The van der Waals surface area contributed by atoms with Gasteiger partial charge in [0.2, 0.25) is 0 Å². The molecule has 0 bridgehead atoms. The van der Waals surface area contributed by atoms with Gasteiger partial charge < -0.3 is 9.84 Å². The molecule has 0 radical (unpaired) electrons. The van der Waals surface area contributed by atoms with Crippen molar-refractivity contribution in [2.24, 2.45) is 0 Å². The second-order valence-electron chi connectivity index (χ2n) is 5.15. The molecule has 0 atom stereocenters. The SMILES string of the molecule is O=C(NC1(c2noc(C(F)F)n2)CCC1)c1cc(Cl)nc(Cl)c1. The van der Waals surface area contributed by atoms with E-state index in [1.807, 2.05) is 0 Å². The van der Waals surface area contributed by atoms with Crippen molar-refractivity contribution in [3.05, 3.63) is 39.7 Å². The van der Waals surface area contributed by atoms with Gasteiger partial charge in [0.1, 0.15) is 15.8 Å². The lowest BCUT2D eigenvalue weighted by Crippen LogP contribution is -2.51. The van der Waals surface area contributed by atoms with E-state index >= 15 is 0 Å². The fourth-order valence-corrected chi connectivity index (χ4v) is 2.80. The summed E-state index contributed by atoms with van der Waals surface area (Å²) in [5, 5.41) is 6.47. The fourth-order valence-electron chi connectivity index (χ4n) is 2.34. The molecule has 1 N–H and O–H groups in total. The highest BCUT2D eigenvalue weighted by Crippen LogP contribution is 2.40. The number of hydrogen-bond acceptors (Lipinski definition) is 5. The molecule has 2 aromatic heterocycles. The van der Waals surface area contributed by atoms with Crippen molar-refractivity contribution >= 4 is 29.1 Å². The Morgan fingerprint density at radius 2 is 1.91 bits per heavy atom. The van der Waals surface area contributed by atoms with E-state index < -0.39 is 23.8 Å². The quantitative estimate of drug-likeness (QED) is 0.841. The number of carbonyl (C=O) groups excluding carboxylic acids is 1. The van der Waals surface area contributed by atoms with E-state index in [9.17, 15) is 13.6 Å². The molecule has 0 aromatic carbocycles. The molecular formula is C13H10Cl2F2N4O2. The van der Waals surface area contributed by atoms with Crippen LogP contribution in [0.4, 0.5) is 8.78 Å². The molecule has 1 fully saturated rings. The molecule has 1 aliphatic rings. The Labute approximate surface area is 139 Å². The molecule has 0 aliphatic heterocycles. The Morgan fingerprint density at radius 1 is 1.26 bits per heavy atom. The minimum atomic E-state index is -2.86. The van der Waals surface area contributed by atoms with Gasteiger partial charge in [-0.2, -0.15) is 13.8 Å². The van der Waals surface area contributed by atoms with Crippen LogP contribution in [0.2, 0.25) is 10.3 Å². The number of pyridine rings is 1. The summed E-state index contributed by atoms with van der Waals surface area (Å²) in [5.74, 6) is -1.20. The molecular weight excluding hydrogens is 353 g/mol. The molecule has 0 saturated heterocycles. The number of carbonyl (C=O) groups is 1. The highest BCUT2D eigenvalue weighted by atomic mass is 35.5. The lowest BCUT2D eigenvalue weighted by Gasteiger charge is -2.39. The van der Waals surface area contributed by atoms with E-state index in [0.717, 1.165) is 6.42 Å². The largest absolute Gasteiger partial charge is 0.339 e. The van der Waals surface area contributed by atoms with Crippen LogP contribution in [0.1, 0.15) is 47.8 Å². The number of hydrogen-bond donors (Lipinski definition) is 1. The Morgan fingerprint density at radius 3 is 2.39 bits per heavy atom. The Balaban J connectivity index is 1.84. The van der Waals surface area contributed by atoms with Crippen LogP contribution in [0.25, 0.3) is 0 Å². The first-order valence-corrected chi connectivity index (χ1v) is 7.43. The second kappa shape index (κ2) is 6.01. The van der Waals surface area contributed by atoms with Gasteiger partial charge in [-0.15, -0.1) is 0 Å². The number of nitrogens with zero attached hydrogens (tertiary/aromatic N) is 3. The summed E-state index contributed by atoms with van der Waals surface area (Å²) in [6.07, 6.45) is -1.01. The lowest BCUT2D eigenvalue weighted by atomic mass is 9.76. The van der Waals surface area contributed by atoms with Crippen molar-refractivity contribution in [1.29, 1.82) is 0 Å². The molecule has 23 heavy (non-hydrogen) atoms. The van der Waals surface area contributed by atoms with Crippen molar-refractivity contribution in [1.82, 2.24) is 20.4 Å². The third-order valence-electron chi connectivity index (χ3n) is 3.64. The van der Waals surface area contributed by atoms with Crippen molar-refractivity contribution in [3.63, 3.8) is 0 Å². The predicted octanol–water partition coefficient (Wildman–Crippen LogP) is 3.52. The maximum atomic E-state index is 12.6. The Bertz CT molecular complexity index is 729. The van der Waals surface area contributed by atoms with E-state index in [2.05, 4.69) is 25.0 Å². The van der Waals surface area contributed by atoms with Crippen molar-refractivity contribution in [2.75, 3.05) is 0 Å². The molecule has 1 aliphatic carbocycles. The van der Waals surface area contributed by atoms with Crippen molar-refractivity contribution in [3.8, 4) is 0 Å². The van der Waals surface area contributed by atoms with E-state index in [1.165, 1.54) is 12.1 Å². The highest BCUT2D eigenvalue weighted by molar-refractivity contribution is 6.33. The first kappa shape index (κ1) is 16.1. The van der Waals surface area contributed by atoms with Crippen molar-refractivity contribution in [2.45, 2.75) is 31.2 Å². The molecule has 0 spiro atoms. The van der Waals surface area contributed by atoms with Gasteiger partial charge in [0.25, 0.3) is 11.8 Å². The number of halogens is 4. The lowest BCUT2D eigenvalue weighted by molar-refractivity contribution is 0.0803. The third kappa shape index (κ3) is 3.13. The first-order chi connectivity index (χ1) is 10.9. The molecule has 6 nitrogen and oxygen atoms in total. The van der Waals surface area contributed by atoms with Gasteiger partial charge in [-0.05, 0) is 31.4 Å². The van der Waals surface area contributed by atoms with E-state index in [-0.39, 0.29) is 21.7 Å². The highest BCUT2D eigenvalue weighted by Gasteiger charge is 2.45. The number of alkyl halides is 2. The average molecular weight is 363 g/mol. The van der Waals surface area contributed by atoms with Crippen LogP contribution in [0.3, 0.4) is 0 Å². The third-order valence-corrected chi connectivity index (χ3v) is 4.03. The summed E-state index contributed by atoms with van der Waals surface area (Å²) in [7, 11) is 0. The van der Waals surface area contributed by atoms with Gasteiger partial charge in [0.15, 0.2) is 5.82 Å². The standard InChI is InChI=1S/C13H10Cl2F2N4O2/c14-7-4-6(5-8(15)18-7)10(22)20-13(2-1-3-13)12-19-11(9(16)17)23-21-12/h4-5,9H,1-3H2,(H,20,22). The minimum Gasteiger partial charge on any atom is -0.339 e. The van der Waals surface area contributed by atoms with Gasteiger partial charge in [0.05, 0.1) is 0 Å². The normalized spacial score (nSPS) is 16.2. The molecule has 2 aromatic rings. The monoisotopic (exact) mass is 362 g/mol. The van der Waals surface area contributed by atoms with Gasteiger partial charge in [-0.3, -0.25) is 4.79 Å². The van der Waals surface area contributed by atoms with E-state index in [0.29, 0.717) is 12.8 Å². The Kier molecular flexibility index (Phi) is 4.20. The zero-order chi connectivity index (χ0) is 16.6. The number of amides is 1. The van der Waals surface area contributed by atoms with E-state index in [1.54, 1.807) is 0 Å². The predicted molar refractivity (Wildman–Crippen MR) is 76.5 cm³/mol. The van der Waals surface area contributed by atoms with Crippen LogP contribution >= 0.6 is 23.2 Å². The van der Waals surface area contributed by atoms with Gasteiger partial charge in [0, 0.05) is 5.56 Å². The Hall–Kier alpha value is -1.80. The van der Waals surface area contributed by atoms with E-state index in [4.69, 9.17) is 23.2 Å². The maximum Gasteiger partial charge on any atom is 0.315 e. The summed E-state index contributed by atoms with van der Waals surface area (Å²) in [5.41, 5.74) is -0.713. The average Bonchev–Trinajstić information content (AvgIpc) is 2.91. The number of rotatable bonds is 4. The smallest absolute Gasteiger partial charge is 0.315 e. The van der Waals surface area contributed by atoms with Crippen molar-refractivity contribution < 1.29 is 18.1 Å². The van der Waals surface area contributed by atoms with Crippen LogP contribution < -0.4 is 5.32 Å². The molecule has 3 rings (SSSR count). The second-order valence-corrected chi connectivity index (χ2v) is 5.92. The molecule has 1 amide bonds. The first-order valence-electron chi connectivity index (χ1n) is 6.67. The van der Waals surface area contributed by atoms with Crippen LogP contribution in [-0.2, 0) is 5.54 Å². The van der Waals surface area contributed by atoms with Gasteiger partial charge in [-0.25, -0.2) is 4.98 Å². The molecule has 2 heterocycles. The number of aromatic nitrogens is 3. The molecule has 0 unspecified atom stereocenters. The van der Waals surface area contributed by atoms with Crippen LogP contribution in [0.15, 0.2) is 16.7 Å². The van der Waals surface area contributed by atoms with Gasteiger partial charge >= 0.3 is 6.43 Å². The van der Waals surface area contributed by atoms with Crippen LogP contribution in [0.5, 0.6) is 0 Å². The fraction of sp³-hybridized carbons (Fsp3) is 0.385. The number of nitrogens with one attached hydrogen (secondary N) is 1. The zero-order valence-corrected chi connectivity index (χ0v) is 13.0. The maximum absolute atomic E-state index is 12.6.